The minimum absolute atomic E-state index is 0.412. The summed E-state index contributed by atoms with van der Waals surface area (Å²) >= 11 is 0. The predicted molar refractivity (Wildman–Crippen MR) is 144 cm³/mol. The van der Waals surface area contributed by atoms with Crippen LogP contribution in [0, 0.1) is 0 Å². The SMILES string of the molecule is CC(C)=CCc1cc2ccccc2c2c1OP(=O)(O)Oc1c(CC=C(C)C)cc3ccccc3c1-2. The van der Waals surface area contributed by atoms with E-state index in [1.807, 2.05) is 76.2 Å². The predicted octanol–water partition coefficient (Wildman–Crippen LogP) is 8.55. The van der Waals surface area contributed by atoms with Crippen molar-refractivity contribution in [3.63, 3.8) is 0 Å². The first-order chi connectivity index (χ1) is 16.7. The van der Waals surface area contributed by atoms with Crippen LogP contribution >= 0.6 is 7.82 Å². The van der Waals surface area contributed by atoms with Crippen LogP contribution in [-0.4, -0.2) is 4.89 Å². The average molecular weight is 485 g/mol. The molecule has 1 aliphatic heterocycles. The third-order valence-corrected chi connectivity index (χ3v) is 7.11. The van der Waals surface area contributed by atoms with E-state index >= 15 is 0 Å². The number of phosphoric acid groups is 1. The highest BCUT2D eigenvalue weighted by Crippen LogP contribution is 2.59. The summed E-state index contributed by atoms with van der Waals surface area (Å²) in [6, 6.07) is 20.3. The second-order valence-corrected chi connectivity index (χ2v) is 10.8. The van der Waals surface area contributed by atoms with Gasteiger partial charge in [-0.3, -0.25) is 4.89 Å². The quantitative estimate of drug-likeness (QED) is 0.233. The molecule has 4 aromatic carbocycles. The minimum atomic E-state index is -4.44. The largest absolute Gasteiger partial charge is 0.584 e. The maximum absolute atomic E-state index is 13.3. The van der Waals surface area contributed by atoms with Gasteiger partial charge in [-0.25, -0.2) is 4.57 Å². The molecular formula is C30H29O4P. The molecule has 0 unspecified atom stereocenters. The Kier molecular flexibility index (Phi) is 6.04. The summed E-state index contributed by atoms with van der Waals surface area (Å²) in [6.45, 7) is 8.16. The minimum Gasteiger partial charge on any atom is -0.394 e. The molecule has 0 saturated carbocycles. The molecule has 0 atom stereocenters. The third-order valence-electron chi connectivity index (χ3n) is 6.28. The van der Waals surface area contributed by atoms with Gasteiger partial charge in [0.25, 0.3) is 0 Å². The average Bonchev–Trinajstić information content (AvgIpc) is 2.94. The highest BCUT2D eigenvalue weighted by molar-refractivity contribution is 7.48. The van der Waals surface area contributed by atoms with Crippen LogP contribution in [-0.2, 0) is 17.4 Å². The van der Waals surface area contributed by atoms with E-state index in [0.717, 1.165) is 43.8 Å². The van der Waals surface area contributed by atoms with Gasteiger partial charge >= 0.3 is 7.82 Å². The normalized spacial score (nSPS) is 13.7. The molecule has 0 amide bonds. The molecule has 5 rings (SSSR count). The number of fused-ring (bicyclic) bond motifs is 7. The van der Waals surface area contributed by atoms with Crippen molar-refractivity contribution in [1.82, 2.24) is 0 Å². The van der Waals surface area contributed by atoms with Gasteiger partial charge in [-0.15, -0.1) is 0 Å². The van der Waals surface area contributed by atoms with Crippen LogP contribution < -0.4 is 9.05 Å². The van der Waals surface area contributed by atoms with E-state index < -0.39 is 7.82 Å². The molecule has 1 heterocycles. The number of allylic oxidation sites excluding steroid dienone is 4. The summed E-state index contributed by atoms with van der Waals surface area (Å²) in [5.74, 6) is 0.825. The molecular weight excluding hydrogens is 455 g/mol. The first-order valence-electron chi connectivity index (χ1n) is 11.8. The molecule has 35 heavy (non-hydrogen) atoms. The zero-order chi connectivity index (χ0) is 24.7. The molecule has 4 nitrogen and oxygen atoms in total. The molecule has 0 aliphatic carbocycles. The summed E-state index contributed by atoms with van der Waals surface area (Å²) < 4.78 is 25.1. The number of hydrogen-bond donors (Lipinski definition) is 1. The van der Waals surface area contributed by atoms with Crippen LogP contribution in [0.25, 0.3) is 32.7 Å². The van der Waals surface area contributed by atoms with Crippen LogP contribution in [0.1, 0.15) is 38.8 Å². The Bertz CT molecular complexity index is 1460. The maximum atomic E-state index is 13.3. The Morgan fingerprint density at radius 1 is 0.743 bits per heavy atom. The zero-order valence-electron chi connectivity index (χ0n) is 20.5. The van der Waals surface area contributed by atoms with Crippen molar-refractivity contribution in [3.8, 4) is 22.6 Å². The molecule has 5 heteroatoms. The van der Waals surface area contributed by atoms with Crippen molar-refractivity contribution >= 4 is 29.4 Å². The van der Waals surface area contributed by atoms with Crippen molar-refractivity contribution < 1.29 is 18.5 Å². The Balaban J connectivity index is 1.97. The lowest BCUT2D eigenvalue weighted by atomic mass is 9.87. The van der Waals surface area contributed by atoms with Crippen molar-refractivity contribution in [2.75, 3.05) is 0 Å². The standard InChI is InChI=1S/C30H29O4P/c1-19(2)13-15-23-17-21-9-5-7-11-25(21)27-28-26-12-8-6-10-22(26)18-24(16-14-20(3)4)30(28)34-35(31,32)33-29(23)27/h5-14,17-18H,15-16H2,1-4H3,(H,31,32). The van der Waals surface area contributed by atoms with Gasteiger partial charge in [-0.05, 0) is 85.3 Å². The molecule has 0 fully saturated rings. The van der Waals surface area contributed by atoms with Gasteiger partial charge in [0.05, 0.1) is 0 Å². The van der Waals surface area contributed by atoms with Crippen LogP contribution in [0.2, 0.25) is 0 Å². The van der Waals surface area contributed by atoms with Crippen molar-refractivity contribution in [3.05, 3.63) is 95.1 Å². The molecule has 0 radical (unpaired) electrons. The van der Waals surface area contributed by atoms with Crippen LogP contribution in [0.15, 0.2) is 84.0 Å². The van der Waals surface area contributed by atoms with E-state index in [1.165, 1.54) is 11.1 Å². The van der Waals surface area contributed by atoms with Gasteiger partial charge < -0.3 is 9.05 Å². The summed E-state index contributed by atoms with van der Waals surface area (Å²) in [5.41, 5.74) is 5.64. The molecule has 1 N–H and O–H groups in total. The number of hydrogen-bond acceptors (Lipinski definition) is 3. The van der Waals surface area contributed by atoms with E-state index in [9.17, 15) is 9.46 Å². The van der Waals surface area contributed by atoms with Gasteiger partial charge in [0.2, 0.25) is 0 Å². The second kappa shape index (κ2) is 9.03. The van der Waals surface area contributed by atoms with E-state index in [2.05, 4.69) is 24.3 Å². The summed E-state index contributed by atoms with van der Waals surface area (Å²) in [7, 11) is -4.44. The fourth-order valence-electron chi connectivity index (χ4n) is 4.66. The van der Waals surface area contributed by atoms with E-state index in [4.69, 9.17) is 9.05 Å². The summed E-state index contributed by atoms with van der Waals surface area (Å²) in [4.78, 5) is 10.9. The molecule has 1 aliphatic rings. The van der Waals surface area contributed by atoms with E-state index in [1.54, 1.807) is 0 Å². The number of rotatable bonds is 4. The molecule has 0 aromatic heterocycles. The van der Waals surface area contributed by atoms with Gasteiger partial charge in [-0.1, -0.05) is 71.8 Å². The molecule has 0 bridgehead atoms. The fraction of sp³-hybridized carbons (Fsp3) is 0.200. The monoisotopic (exact) mass is 484 g/mol. The Hall–Kier alpha value is -3.33. The van der Waals surface area contributed by atoms with Crippen molar-refractivity contribution in [2.45, 2.75) is 40.5 Å². The second-order valence-electron chi connectivity index (χ2n) is 9.54. The first-order valence-corrected chi connectivity index (χ1v) is 13.3. The Labute approximate surface area is 206 Å². The zero-order valence-corrected chi connectivity index (χ0v) is 21.4. The third kappa shape index (κ3) is 4.52. The summed E-state index contributed by atoms with van der Waals surface area (Å²) in [5, 5.41) is 4.01. The lowest BCUT2D eigenvalue weighted by Crippen LogP contribution is -2.01. The van der Waals surface area contributed by atoms with Crippen LogP contribution in [0.3, 0.4) is 0 Å². The maximum Gasteiger partial charge on any atom is 0.584 e. The first kappa shape index (κ1) is 23.4. The van der Waals surface area contributed by atoms with Gasteiger partial charge in [-0.2, -0.15) is 0 Å². The summed E-state index contributed by atoms with van der Waals surface area (Å²) in [6.07, 6.45) is 5.37. The van der Waals surface area contributed by atoms with E-state index in [0.29, 0.717) is 24.3 Å². The molecule has 0 spiro atoms. The van der Waals surface area contributed by atoms with E-state index in [-0.39, 0.29) is 0 Å². The molecule has 4 aromatic rings. The molecule has 0 saturated heterocycles. The smallest absolute Gasteiger partial charge is 0.394 e. The number of phosphoric ester groups is 1. The van der Waals surface area contributed by atoms with Crippen LogP contribution in [0.4, 0.5) is 0 Å². The van der Waals surface area contributed by atoms with Crippen LogP contribution in [0.5, 0.6) is 11.5 Å². The number of benzene rings is 4. The lowest BCUT2D eigenvalue weighted by Gasteiger charge is -2.18. The van der Waals surface area contributed by atoms with Gasteiger partial charge in [0, 0.05) is 11.1 Å². The Morgan fingerprint density at radius 3 is 1.54 bits per heavy atom. The van der Waals surface area contributed by atoms with Crippen molar-refractivity contribution in [2.24, 2.45) is 0 Å². The lowest BCUT2D eigenvalue weighted by molar-refractivity contribution is 0.293. The van der Waals surface area contributed by atoms with Gasteiger partial charge in [0.1, 0.15) is 11.5 Å². The van der Waals surface area contributed by atoms with Crippen molar-refractivity contribution in [1.29, 1.82) is 0 Å². The fourth-order valence-corrected chi connectivity index (χ4v) is 5.57. The highest BCUT2D eigenvalue weighted by atomic mass is 31.2. The highest BCUT2D eigenvalue weighted by Gasteiger charge is 2.36. The Morgan fingerprint density at radius 2 is 1.14 bits per heavy atom. The molecule has 178 valence electrons. The van der Waals surface area contributed by atoms with Gasteiger partial charge in [0.15, 0.2) is 0 Å². The topological polar surface area (TPSA) is 55.8 Å².